The summed E-state index contributed by atoms with van der Waals surface area (Å²) in [5.74, 6) is 0.294. The number of halogens is 2. The first-order valence-corrected chi connectivity index (χ1v) is 10.4. The molecule has 158 valence electrons. The summed E-state index contributed by atoms with van der Waals surface area (Å²) in [6.45, 7) is -0.0401. The van der Waals surface area contributed by atoms with Crippen LogP contribution in [0.2, 0.25) is 5.02 Å². The van der Waals surface area contributed by atoms with Crippen molar-refractivity contribution in [2.75, 3.05) is 14.2 Å². The number of carbonyl (C=O) groups excluding carboxylic acids is 2. The zero-order valence-corrected chi connectivity index (χ0v) is 18.2. The Morgan fingerprint density at radius 3 is 2.55 bits per heavy atom. The standard InChI is InChI=1S/C23H17ClFNO4S/c1-29-16-7-4-13-5-8-20(30-2)18(17(13)10-16)11-21-22(27)26(23(28)31-21)12-14-3-6-15(25)9-19(14)24/h3-11H,12H2,1-2H3/b21-11-. The lowest BCUT2D eigenvalue weighted by molar-refractivity contribution is -0.123. The number of thioether (sulfide) groups is 1. The van der Waals surface area contributed by atoms with Crippen LogP contribution in [0.1, 0.15) is 11.1 Å². The molecule has 3 aromatic carbocycles. The Bertz CT molecular complexity index is 1240. The Kier molecular flexibility index (Phi) is 5.89. The molecule has 0 atom stereocenters. The minimum absolute atomic E-state index is 0.0401. The van der Waals surface area contributed by atoms with Crippen LogP contribution < -0.4 is 9.47 Å². The van der Waals surface area contributed by atoms with Gasteiger partial charge < -0.3 is 9.47 Å². The molecule has 1 heterocycles. The minimum atomic E-state index is -0.485. The maximum atomic E-state index is 13.3. The topological polar surface area (TPSA) is 55.8 Å². The molecule has 8 heteroatoms. The number of rotatable bonds is 5. The molecule has 0 N–H and O–H groups in total. The highest BCUT2D eigenvalue weighted by atomic mass is 35.5. The number of carbonyl (C=O) groups is 2. The average molecular weight is 458 g/mol. The fourth-order valence-electron chi connectivity index (χ4n) is 3.34. The normalized spacial score (nSPS) is 15.2. The van der Waals surface area contributed by atoms with Crippen LogP contribution in [-0.4, -0.2) is 30.3 Å². The van der Waals surface area contributed by atoms with Gasteiger partial charge in [0.25, 0.3) is 11.1 Å². The lowest BCUT2D eigenvalue weighted by atomic mass is 10.0. The van der Waals surface area contributed by atoms with Gasteiger partial charge >= 0.3 is 0 Å². The summed E-state index contributed by atoms with van der Waals surface area (Å²) in [6, 6.07) is 13.2. The van der Waals surface area contributed by atoms with Crippen LogP contribution in [-0.2, 0) is 11.3 Å². The van der Waals surface area contributed by atoms with Gasteiger partial charge in [-0.15, -0.1) is 0 Å². The van der Waals surface area contributed by atoms with Crippen LogP contribution in [0.5, 0.6) is 11.5 Å². The predicted molar refractivity (Wildman–Crippen MR) is 120 cm³/mol. The summed E-state index contributed by atoms with van der Waals surface area (Å²) in [4.78, 5) is 26.9. The van der Waals surface area contributed by atoms with Crippen molar-refractivity contribution in [3.05, 3.63) is 75.4 Å². The molecule has 1 aliphatic heterocycles. The minimum Gasteiger partial charge on any atom is -0.497 e. The highest BCUT2D eigenvalue weighted by Crippen LogP contribution is 2.38. The van der Waals surface area contributed by atoms with E-state index in [0.717, 1.165) is 33.5 Å². The number of hydrogen-bond donors (Lipinski definition) is 0. The van der Waals surface area contributed by atoms with Crippen molar-refractivity contribution in [2.24, 2.45) is 0 Å². The first-order chi connectivity index (χ1) is 14.9. The molecule has 1 aliphatic rings. The van der Waals surface area contributed by atoms with E-state index in [1.165, 1.54) is 12.1 Å². The third-order valence-corrected chi connectivity index (χ3v) is 6.20. The van der Waals surface area contributed by atoms with E-state index < -0.39 is 17.0 Å². The quantitative estimate of drug-likeness (QED) is 0.447. The van der Waals surface area contributed by atoms with Gasteiger partial charge in [-0.05, 0) is 64.5 Å². The molecule has 0 aliphatic carbocycles. The number of nitrogens with zero attached hydrogens (tertiary/aromatic N) is 1. The third kappa shape index (κ3) is 4.11. The first-order valence-electron chi connectivity index (χ1n) is 9.25. The number of ether oxygens (including phenoxy) is 2. The number of methoxy groups -OCH3 is 2. The number of benzene rings is 3. The van der Waals surface area contributed by atoms with Crippen molar-refractivity contribution in [1.82, 2.24) is 4.90 Å². The molecular weight excluding hydrogens is 441 g/mol. The fourth-order valence-corrected chi connectivity index (χ4v) is 4.39. The summed E-state index contributed by atoms with van der Waals surface area (Å²) < 4.78 is 24.1. The van der Waals surface area contributed by atoms with E-state index in [1.54, 1.807) is 20.3 Å². The smallest absolute Gasteiger partial charge is 0.293 e. The molecule has 31 heavy (non-hydrogen) atoms. The van der Waals surface area contributed by atoms with E-state index in [2.05, 4.69) is 0 Å². The van der Waals surface area contributed by atoms with Crippen molar-refractivity contribution in [3.63, 3.8) is 0 Å². The lowest BCUT2D eigenvalue weighted by Crippen LogP contribution is -2.27. The fraction of sp³-hybridized carbons (Fsp3) is 0.130. The molecule has 0 unspecified atom stereocenters. The number of fused-ring (bicyclic) bond motifs is 1. The summed E-state index contributed by atoms with van der Waals surface area (Å²) in [5, 5.41) is 1.50. The Morgan fingerprint density at radius 2 is 1.84 bits per heavy atom. The van der Waals surface area contributed by atoms with Gasteiger partial charge in [0.05, 0.1) is 25.7 Å². The molecule has 3 aromatic rings. The van der Waals surface area contributed by atoms with Gasteiger partial charge in [0.1, 0.15) is 17.3 Å². The number of amides is 2. The summed E-state index contributed by atoms with van der Waals surface area (Å²) in [6.07, 6.45) is 1.65. The Balaban J connectivity index is 1.73. The molecule has 2 amide bonds. The van der Waals surface area contributed by atoms with Crippen molar-refractivity contribution < 1.29 is 23.5 Å². The summed E-state index contributed by atoms with van der Waals surface area (Å²) in [7, 11) is 3.12. The summed E-state index contributed by atoms with van der Waals surface area (Å²) in [5.41, 5.74) is 1.16. The van der Waals surface area contributed by atoms with Crippen LogP contribution in [0.15, 0.2) is 53.4 Å². The molecule has 0 saturated carbocycles. The lowest BCUT2D eigenvalue weighted by Gasteiger charge is -2.14. The highest BCUT2D eigenvalue weighted by molar-refractivity contribution is 8.18. The summed E-state index contributed by atoms with van der Waals surface area (Å²) >= 11 is 6.90. The molecule has 0 spiro atoms. The van der Waals surface area contributed by atoms with Crippen molar-refractivity contribution >= 4 is 51.4 Å². The van der Waals surface area contributed by atoms with E-state index in [-0.39, 0.29) is 16.5 Å². The van der Waals surface area contributed by atoms with Gasteiger partial charge in [-0.2, -0.15) is 0 Å². The average Bonchev–Trinajstić information content (AvgIpc) is 3.02. The maximum absolute atomic E-state index is 13.3. The zero-order valence-electron chi connectivity index (χ0n) is 16.6. The SMILES string of the molecule is COc1ccc2ccc(OC)c(/C=C3\SC(=O)N(Cc4ccc(F)cc4Cl)C3=O)c2c1. The number of imide groups is 1. The second kappa shape index (κ2) is 8.61. The largest absolute Gasteiger partial charge is 0.497 e. The predicted octanol–water partition coefficient (Wildman–Crippen LogP) is 5.89. The van der Waals surface area contributed by atoms with Gasteiger partial charge in [-0.1, -0.05) is 29.8 Å². The molecule has 5 nitrogen and oxygen atoms in total. The molecular formula is C23H17ClFNO4S. The monoisotopic (exact) mass is 457 g/mol. The molecule has 4 rings (SSSR count). The van der Waals surface area contributed by atoms with Crippen LogP contribution >= 0.6 is 23.4 Å². The van der Waals surface area contributed by atoms with Gasteiger partial charge in [0, 0.05) is 10.6 Å². The van der Waals surface area contributed by atoms with Gasteiger partial charge in [-0.3, -0.25) is 14.5 Å². The van der Waals surface area contributed by atoms with E-state index in [4.69, 9.17) is 21.1 Å². The van der Waals surface area contributed by atoms with E-state index in [0.29, 0.717) is 22.6 Å². The van der Waals surface area contributed by atoms with Gasteiger partial charge in [-0.25, -0.2) is 4.39 Å². The second-order valence-corrected chi connectivity index (χ2v) is 8.17. The molecule has 0 aromatic heterocycles. The van der Waals surface area contributed by atoms with Crippen molar-refractivity contribution in [3.8, 4) is 11.5 Å². The van der Waals surface area contributed by atoms with Gasteiger partial charge in [0.2, 0.25) is 0 Å². The molecule has 1 saturated heterocycles. The third-order valence-electron chi connectivity index (χ3n) is 4.94. The second-order valence-electron chi connectivity index (χ2n) is 6.77. The highest BCUT2D eigenvalue weighted by Gasteiger charge is 2.35. The van der Waals surface area contributed by atoms with E-state index >= 15 is 0 Å². The maximum Gasteiger partial charge on any atom is 0.293 e. The van der Waals surface area contributed by atoms with E-state index in [1.807, 2.05) is 30.3 Å². The van der Waals surface area contributed by atoms with Crippen LogP contribution in [0.25, 0.3) is 16.8 Å². The first kappa shape index (κ1) is 21.2. The Labute approximate surface area is 187 Å². The Hall–Kier alpha value is -3.03. The van der Waals surface area contributed by atoms with Crippen molar-refractivity contribution in [1.29, 1.82) is 0 Å². The van der Waals surface area contributed by atoms with Crippen molar-refractivity contribution in [2.45, 2.75) is 6.54 Å². The van der Waals surface area contributed by atoms with Crippen LogP contribution in [0, 0.1) is 5.82 Å². The van der Waals surface area contributed by atoms with E-state index in [9.17, 15) is 14.0 Å². The molecule has 0 bridgehead atoms. The van der Waals surface area contributed by atoms with Crippen LogP contribution in [0.4, 0.5) is 9.18 Å². The Morgan fingerprint density at radius 1 is 1.06 bits per heavy atom. The zero-order chi connectivity index (χ0) is 22.1. The number of hydrogen-bond acceptors (Lipinski definition) is 5. The molecule has 1 fully saturated rings. The molecule has 0 radical (unpaired) electrons. The van der Waals surface area contributed by atoms with Crippen LogP contribution in [0.3, 0.4) is 0 Å². The van der Waals surface area contributed by atoms with Gasteiger partial charge in [0.15, 0.2) is 0 Å².